The number of anilines is 2. The van der Waals surface area contributed by atoms with Gasteiger partial charge in [0.15, 0.2) is 0 Å². The number of nitrogens with zero attached hydrogens (tertiary/aromatic N) is 1. The summed E-state index contributed by atoms with van der Waals surface area (Å²) in [6.07, 6.45) is 0.782. The van der Waals surface area contributed by atoms with Crippen molar-refractivity contribution in [3.63, 3.8) is 0 Å². The Bertz CT molecular complexity index is 832. The van der Waals surface area contributed by atoms with E-state index in [0.717, 1.165) is 17.7 Å². The molecule has 1 N–H and O–H groups in total. The smallest absolute Gasteiger partial charge is 0.259 e. The van der Waals surface area contributed by atoms with Gasteiger partial charge in [-0.15, -0.1) is 0 Å². The summed E-state index contributed by atoms with van der Waals surface area (Å²) < 4.78 is 10.4. The first-order valence-electron chi connectivity index (χ1n) is 7.98. The Balaban J connectivity index is 1.82. The molecular weight excluding hydrogens is 320 g/mol. The zero-order chi connectivity index (χ0) is 18.0. The van der Waals surface area contributed by atoms with Gasteiger partial charge in [0.1, 0.15) is 11.5 Å². The number of rotatable bonds is 4. The molecule has 25 heavy (non-hydrogen) atoms. The number of carbonyl (C=O) groups excluding carboxylic acids is 2. The number of hydrogen-bond donors (Lipinski definition) is 1. The van der Waals surface area contributed by atoms with Gasteiger partial charge < -0.3 is 19.7 Å². The molecule has 1 aliphatic heterocycles. The lowest BCUT2D eigenvalue weighted by atomic mass is 10.1. The molecule has 0 aliphatic carbocycles. The van der Waals surface area contributed by atoms with Crippen LogP contribution in [0, 0.1) is 0 Å². The Kier molecular flexibility index (Phi) is 4.61. The maximum Gasteiger partial charge on any atom is 0.259 e. The highest BCUT2D eigenvalue weighted by molar-refractivity contribution is 6.06. The number of benzene rings is 2. The Morgan fingerprint density at radius 3 is 2.56 bits per heavy atom. The van der Waals surface area contributed by atoms with Crippen molar-refractivity contribution in [3.8, 4) is 11.5 Å². The number of carbonyl (C=O) groups is 2. The summed E-state index contributed by atoms with van der Waals surface area (Å²) in [4.78, 5) is 25.9. The van der Waals surface area contributed by atoms with Gasteiger partial charge in [-0.05, 0) is 42.3 Å². The van der Waals surface area contributed by atoms with E-state index in [2.05, 4.69) is 5.32 Å². The van der Waals surface area contributed by atoms with Crippen LogP contribution in [0.25, 0.3) is 0 Å². The van der Waals surface area contributed by atoms with E-state index in [1.54, 1.807) is 43.2 Å². The molecule has 0 spiro atoms. The van der Waals surface area contributed by atoms with Crippen molar-refractivity contribution < 1.29 is 19.1 Å². The fraction of sp³-hybridized carbons (Fsp3) is 0.263. The molecule has 1 heterocycles. The van der Waals surface area contributed by atoms with Crippen LogP contribution in [-0.4, -0.2) is 32.6 Å². The van der Waals surface area contributed by atoms with Crippen LogP contribution in [0.4, 0.5) is 11.4 Å². The van der Waals surface area contributed by atoms with Crippen LogP contribution in [0.2, 0.25) is 0 Å². The van der Waals surface area contributed by atoms with Crippen LogP contribution in [0.5, 0.6) is 11.5 Å². The summed E-state index contributed by atoms with van der Waals surface area (Å²) in [5.74, 6) is 0.829. The average molecular weight is 340 g/mol. The minimum absolute atomic E-state index is 0.0264. The van der Waals surface area contributed by atoms with Gasteiger partial charge in [-0.3, -0.25) is 9.59 Å². The molecule has 2 aromatic rings. The summed E-state index contributed by atoms with van der Waals surface area (Å²) in [5, 5.41) is 2.88. The Hall–Kier alpha value is -3.02. The molecule has 6 heteroatoms. The van der Waals surface area contributed by atoms with Crippen molar-refractivity contribution in [2.45, 2.75) is 13.3 Å². The van der Waals surface area contributed by atoms with Crippen LogP contribution in [0.3, 0.4) is 0 Å². The van der Waals surface area contributed by atoms with Crippen molar-refractivity contribution in [1.29, 1.82) is 0 Å². The van der Waals surface area contributed by atoms with Gasteiger partial charge in [-0.25, -0.2) is 0 Å². The predicted molar refractivity (Wildman–Crippen MR) is 95.7 cm³/mol. The second kappa shape index (κ2) is 6.84. The van der Waals surface area contributed by atoms with E-state index in [-0.39, 0.29) is 11.8 Å². The molecule has 0 fully saturated rings. The van der Waals surface area contributed by atoms with Crippen molar-refractivity contribution in [1.82, 2.24) is 0 Å². The quantitative estimate of drug-likeness (QED) is 0.929. The Labute approximate surface area is 146 Å². The zero-order valence-corrected chi connectivity index (χ0v) is 14.5. The lowest BCUT2D eigenvalue weighted by molar-refractivity contribution is -0.116. The van der Waals surface area contributed by atoms with Crippen LogP contribution >= 0.6 is 0 Å². The SMILES string of the molecule is COc1ccc(C(=O)Nc2ccc3c(c2)CCN3C(C)=O)c(OC)c1. The molecule has 0 atom stereocenters. The Morgan fingerprint density at radius 2 is 1.88 bits per heavy atom. The van der Waals surface area contributed by atoms with E-state index < -0.39 is 0 Å². The summed E-state index contributed by atoms with van der Waals surface area (Å²) in [6, 6.07) is 10.6. The number of ether oxygens (including phenoxy) is 2. The second-order valence-electron chi connectivity index (χ2n) is 5.78. The number of nitrogens with one attached hydrogen (secondary N) is 1. The van der Waals surface area contributed by atoms with Crippen LogP contribution in [0.1, 0.15) is 22.8 Å². The second-order valence-corrected chi connectivity index (χ2v) is 5.78. The summed E-state index contributed by atoms with van der Waals surface area (Å²) in [7, 11) is 3.07. The van der Waals surface area contributed by atoms with E-state index in [4.69, 9.17) is 9.47 Å². The minimum atomic E-state index is -0.263. The minimum Gasteiger partial charge on any atom is -0.497 e. The van der Waals surface area contributed by atoms with Crippen LogP contribution in [0.15, 0.2) is 36.4 Å². The summed E-state index contributed by atoms with van der Waals surface area (Å²) in [6.45, 7) is 2.23. The maximum absolute atomic E-state index is 12.6. The summed E-state index contributed by atoms with van der Waals surface area (Å²) >= 11 is 0. The lowest BCUT2D eigenvalue weighted by Gasteiger charge is -2.15. The fourth-order valence-electron chi connectivity index (χ4n) is 2.99. The first kappa shape index (κ1) is 16.8. The van der Waals surface area contributed by atoms with Crippen molar-refractivity contribution in [2.24, 2.45) is 0 Å². The van der Waals surface area contributed by atoms with Crippen molar-refractivity contribution >= 4 is 23.2 Å². The third-order valence-electron chi connectivity index (χ3n) is 4.27. The molecule has 2 amide bonds. The van der Waals surface area contributed by atoms with Gasteiger partial charge in [-0.1, -0.05) is 0 Å². The third kappa shape index (κ3) is 3.28. The van der Waals surface area contributed by atoms with Crippen molar-refractivity contribution in [3.05, 3.63) is 47.5 Å². The highest BCUT2D eigenvalue weighted by atomic mass is 16.5. The van der Waals surface area contributed by atoms with Gasteiger partial charge in [0.05, 0.1) is 19.8 Å². The van der Waals surface area contributed by atoms with E-state index in [9.17, 15) is 9.59 Å². The predicted octanol–water partition coefficient (Wildman–Crippen LogP) is 2.87. The highest BCUT2D eigenvalue weighted by Gasteiger charge is 2.22. The molecule has 3 rings (SSSR count). The number of fused-ring (bicyclic) bond motifs is 1. The molecule has 0 unspecified atom stereocenters. The van der Waals surface area contributed by atoms with Gasteiger partial charge in [0, 0.05) is 30.9 Å². The molecule has 130 valence electrons. The number of amides is 2. The molecule has 0 aromatic heterocycles. The first-order chi connectivity index (χ1) is 12.0. The largest absolute Gasteiger partial charge is 0.497 e. The van der Waals surface area contributed by atoms with E-state index in [1.807, 2.05) is 12.1 Å². The van der Waals surface area contributed by atoms with E-state index in [1.165, 1.54) is 7.11 Å². The van der Waals surface area contributed by atoms with Gasteiger partial charge in [0.25, 0.3) is 5.91 Å². The van der Waals surface area contributed by atoms with E-state index >= 15 is 0 Å². The summed E-state index contributed by atoms with van der Waals surface area (Å²) in [5.41, 5.74) is 3.07. The monoisotopic (exact) mass is 340 g/mol. The molecule has 0 saturated carbocycles. The molecule has 1 aliphatic rings. The highest BCUT2D eigenvalue weighted by Crippen LogP contribution is 2.31. The molecule has 2 aromatic carbocycles. The Morgan fingerprint density at radius 1 is 1.08 bits per heavy atom. The maximum atomic E-state index is 12.6. The molecule has 6 nitrogen and oxygen atoms in total. The zero-order valence-electron chi connectivity index (χ0n) is 14.5. The van der Waals surface area contributed by atoms with Gasteiger partial charge in [0.2, 0.25) is 5.91 Å². The molecule has 0 radical (unpaired) electrons. The number of methoxy groups -OCH3 is 2. The van der Waals surface area contributed by atoms with Crippen LogP contribution < -0.4 is 19.7 Å². The third-order valence-corrected chi connectivity index (χ3v) is 4.27. The molecule has 0 saturated heterocycles. The van der Waals surface area contributed by atoms with Gasteiger partial charge >= 0.3 is 0 Å². The van der Waals surface area contributed by atoms with Crippen molar-refractivity contribution in [2.75, 3.05) is 31.0 Å². The average Bonchev–Trinajstić information content (AvgIpc) is 3.04. The van der Waals surface area contributed by atoms with E-state index in [0.29, 0.717) is 29.3 Å². The first-order valence-corrected chi connectivity index (χ1v) is 7.98. The number of hydrogen-bond acceptors (Lipinski definition) is 4. The normalized spacial score (nSPS) is 12.5. The standard InChI is InChI=1S/C19H20N2O4/c1-12(22)21-9-8-13-10-14(4-7-17(13)21)20-19(23)16-6-5-15(24-2)11-18(16)25-3/h4-7,10-11H,8-9H2,1-3H3,(H,20,23). The van der Waals surface area contributed by atoms with Gasteiger partial charge in [-0.2, -0.15) is 0 Å². The molecule has 0 bridgehead atoms. The lowest BCUT2D eigenvalue weighted by Crippen LogP contribution is -2.25. The van der Waals surface area contributed by atoms with Crippen LogP contribution in [-0.2, 0) is 11.2 Å². The fourth-order valence-corrected chi connectivity index (χ4v) is 2.99. The molecular formula is C19H20N2O4. The topological polar surface area (TPSA) is 67.9 Å².